The Kier molecular flexibility index (Phi) is 5.54. The molecule has 3 heteroatoms. The molecule has 0 fully saturated rings. The fourth-order valence-corrected chi connectivity index (χ4v) is 4.85. The zero-order chi connectivity index (χ0) is 19.7. The summed E-state index contributed by atoms with van der Waals surface area (Å²) in [6.07, 6.45) is 5.64. The number of benzene rings is 2. The van der Waals surface area contributed by atoms with Crippen molar-refractivity contribution in [3.05, 3.63) is 52.6 Å². The van der Waals surface area contributed by atoms with Crippen LogP contribution in [0.4, 0.5) is 0 Å². The van der Waals surface area contributed by atoms with Crippen molar-refractivity contribution in [1.29, 1.82) is 0 Å². The number of carbonyl (C=O) groups excluding carboxylic acids is 1. The predicted octanol–water partition coefficient (Wildman–Crippen LogP) is 5.62. The van der Waals surface area contributed by atoms with Crippen LogP contribution in [0.1, 0.15) is 67.8 Å². The van der Waals surface area contributed by atoms with Gasteiger partial charge < -0.3 is 4.74 Å². The second kappa shape index (κ2) is 8.08. The normalized spacial score (nSPS) is 17.8. The molecule has 1 heterocycles. The van der Waals surface area contributed by atoms with Gasteiger partial charge in [-0.3, -0.25) is 9.69 Å². The fourth-order valence-electron chi connectivity index (χ4n) is 4.85. The quantitative estimate of drug-likeness (QED) is 0.483. The van der Waals surface area contributed by atoms with Gasteiger partial charge in [0.2, 0.25) is 0 Å². The lowest BCUT2D eigenvalue weighted by Crippen LogP contribution is -2.38. The summed E-state index contributed by atoms with van der Waals surface area (Å²) < 4.78 is 5.95. The molecule has 0 bridgehead atoms. The van der Waals surface area contributed by atoms with E-state index < -0.39 is 0 Å². The molecule has 4 rings (SSSR count). The van der Waals surface area contributed by atoms with Gasteiger partial charge in [-0.15, -0.1) is 0 Å². The van der Waals surface area contributed by atoms with Crippen molar-refractivity contribution in [1.82, 2.24) is 4.90 Å². The first kappa shape index (κ1) is 19.2. The van der Waals surface area contributed by atoms with Gasteiger partial charge in [-0.1, -0.05) is 50.6 Å². The van der Waals surface area contributed by atoms with Crippen LogP contribution in [0.25, 0.3) is 11.1 Å². The van der Waals surface area contributed by atoms with Crippen LogP contribution in [0.5, 0.6) is 5.75 Å². The van der Waals surface area contributed by atoms with Crippen molar-refractivity contribution in [2.75, 3.05) is 13.1 Å². The van der Waals surface area contributed by atoms with E-state index in [1.54, 1.807) is 0 Å². The Hall–Kier alpha value is -2.13. The fraction of sp³-hybridized carbons (Fsp3) is 0.480. The maximum atomic E-state index is 12.4. The molecule has 2 aromatic rings. The molecule has 1 atom stereocenters. The predicted molar refractivity (Wildman–Crippen MR) is 114 cm³/mol. The summed E-state index contributed by atoms with van der Waals surface area (Å²) in [7, 11) is 0. The Morgan fingerprint density at radius 3 is 2.79 bits per heavy atom. The minimum atomic E-state index is -0.113. The van der Waals surface area contributed by atoms with E-state index in [4.69, 9.17) is 4.74 Å². The van der Waals surface area contributed by atoms with Crippen molar-refractivity contribution in [3.8, 4) is 16.9 Å². The van der Waals surface area contributed by atoms with Gasteiger partial charge in [0, 0.05) is 24.6 Å². The largest absolute Gasteiger partial charge is 0.426 e. The summed E-state index contributed by atoms with van der Waals surface area (Å²) in [5, 5.41) is 0. The lowest BCUT2D eigenvalue weighted by molar-refractivity contribution is -0.134. The van der Waals surface area contributed by atoms with Gasteiger partial charge in [0.1, 0.15) is 5.75 Å². The van der Waals surface area contributed by atoms with Gasteiger partial charge in [-0.25, -0.2) is 0 Å². The number of aryl methyl sites for hydroxylation is 1. The molecule has 1 aliphatic carbocycles. The van der Waals surface area contributed by atoms with Crippen molar-refractivity contribution in [2.24, 2.45) is 0 Å². The van der Waals surface area contributed by atoms with E-state index in [-0.39, 0.29) is 5.97 Å². The number of rotatable bonds is 6. The minimum absolute atomic E-state index is 0.113. The summed E-state index contributed by atoms with van der Waals surface area (Å²) in [5.41, 5.74) is 7.70. The van der Waals surface area contributed by atoms with Gasteiger partial charge in [-0.2, -0.15) is 0 Å². The van der Waals surface area contributed by atoms with Crippen molar-refractivity contribution in [3.63, 3.8) is 0 Å². The van der Waals surface area contributed by atoms with Crippen molar-refractivity contribution >= 4 is 5.97 Å². The second-order valence-corrected chi connectivity index (χ2v) is 8.21. The van der Waals surface area contributed by atoms with E-state index >= 15 is 0 Å². The molecule has 0 unspecified atom stereocenters. The zero-order valence-corrected chi connectivity index (χ0v) is 17.4. The topological polar surface area (TPSA) is 29.5 Å². The molecule has 0 aromatic heterocycles. The maximum absolute atomic E-state index is 12.4. The van der Waals surface area contributed by atoms with Gasteiger partial charge in [0.25, 0.3) is 0 Å². The first-order chi connectivity index (χ1) is 13.6. The second-order valence-electron chi connectivity index (χ2n) is 8.21. The molecule has 0 saturated carbocycles. The first-order valence-electron chi connectivity index (χ1n) is 10.8. The Labute approximate surface area is 168 Å². The lowest BCUT2D eigenvalue weighted by atomic mass is 9.76. The molecule has 0 N–H and O–H groups in total. The summed E-state index contributed by atoms with van der Waals surface area (Å²) >= 11 is 0. The molecule has 0 spiro atoms. The molecule has 3 nitrogen and oxygen atoms in total. The summed E-state index contributed by atoms with van der Waals surface area (Å²) in [6, 6.07) is 11.5. The average Bonchev–Trinajstić information content (AvgIpc) is 2.70. The van der Waals surface area contributed by atoms with Gasteiger partial charge in [0.05, 0.1) is 0 Å². The third-order valence-electron chi connectivity index (χ3n) is 6.22. The van der Waals surface area contributed by atoms with Crippen LogP contribution in [-0.2, 0) is 17.6 Å². The molecule has 0 amide bonds. The van der Waals surface area contributed by atoms with Gasteiger partial charge in [0.15, 0.2) is 0 Å². The minimum Gasteiger partial charge on any atom is -0.426 e. The van der Waals surface area contributed by atoms with Gasteiger partial charge in [-0.05, 0) is 67.0 Å². The maximum Gasteiger partial charge on any atom is 0.311 e. The van der Waals surface area contributed by atoms with E-state index in [1.807, 2.05) is 6.92 Å². The smallest absolute Gasteiger partial charge is 0.311 e. The highest BCUT2D eigenvalue weighted by atomic mass is 16.5. The molecule has 2 aromatic carbocycles. The summed E-state index contributed by atoms with van der Waals surface area (Å²) in [5.74, 6) is 0.663. The number of fused-ring (bicyclic) bond motifs is 2. The monoisotopic (exact) mass is 377 g/mol. The van der Waals surface area contributed by atoms with Crippen LogP contribution in [0.3, 0.4) is 0 Å². The third kappa shape index (κ3) is 3.37. The highest BCUT2D eigenvalue weighted by Crippen LogP contribution is 2.49. The molecule has 0 radical (unpaired) electrons. The number of hydrogen-bond donors (Lipinski definition) is 0. The number of esters is 1. The molecule has 2 aliphatic rings. The highest BCUT2D eigenvalue weighted by molar-refractivity contribution is 5.84. The van der Waals surface area contributed by atoms with E-state index in [0.717, 1.165) is 55.6 Å². The summed E-state index contributed by atoms with van der Waals surface area (Å²) in [6.45, 7) is 8.68. The Morgan fingerprint density at radius 2 is 2.00 bits per heavy atom. The molecule has 0 saturated heterocycles. The SMILES string of the molecule is CCCCC(=O)Oc1c(C)ccc2c1-c1cccc3c1[C@@H](C2)N(CCC)CC3. The molecule has 1 aliphatic heterocycles. The van der Waals surface area contributed by atoms with Gasteiger partial charge >= 0.3 is 5.97 Å². The Morgan fingerprint density at radius 1 is 1.14 bits per heavy atom. The highest BCUT2D eigenvalue weighted by Gasteiger charge is 2.35. The lowest BCUT2D eigenvalue weighted by Gasteiger charge is -2.42. The molecule has 148 valence electrons. The third-order valence-corrected chi connectivity index (χ3v) is 6.22. The van der Waals surface area contributed by atoms with Crippen LogP contribution in [0, 0.1) is 6.92 Å². The van der Waals surface area contributed by atoms with E-state index in [9.17, 15) is 4.79 Å². The Bertz CT molecular complexity index is 886. The number of ether oxygens (including phenoxy) is 1. The van der Waals surface area contributed by atoms with Crippen LogP contribution in [0.2, 0.25) is 0 Å². The first-order valence-corrected chi connectivity index (χ1v) is 10.8. The molecule has 28 heavy (non-hydrogen) atoms. The van der Waals surface area contributed by atoms with E-state index in [0.29, 0.717) is 12.5 Å². The van der Waals surface area contributed by atoms with Crippen LogP contribution in [-0.4, -0.2) is 24.0 Å². The van der Waals surface area contributed by atoms with E-state index in [1.165, 1.54) is 28.7 Å². The van der Waals surface area contributed by atoms with Crippen LogP contribution < -0.4 is 4.74 Å². The average molecular weight is 378 g/mol. The van der Waals surface area contributed by atoms with Crippen LogP contribution >= 0.6 is 0 Å². The number of unbranched alkanes of at least 4 members (excludes halogenated alkanes) is 1. The number of carbonyl (C=O) groups is 1. The Balaban J connectivity index is 1.80. The molecular formula is C25H31NO2. The molecular weight excluding hydrogens is 346 g/mol. The van der Waals surface area contributed by atoms with E-state index in [2.05, 4.69) is 49.1 Å². The number of nitrogens with zero attached hydrogens (tertiary/aromatic N) is 1. The van der Waals surface area contributed by atoms with Crippen molar-refractivity contribution < 1.29 is 9.53 Å². The summed E-state index contributed by atoms with van der Waals surface area (Å²) in [4.78, 5) is 15.1. The standard InChI is InChI=1S/C25H31NO2/c1-4-6-10-22(27)28-25-17(3)11-12-19-16-21-23-18(13-15-26(21)14-5-2)8-7-9-20(23)24(19)25/h7-9,11-12,21H,4-6,10,13-16H2,1-3H3/t21-/m1/s1. The van der Waals surface area contributed by atoms with Crippen LogP contribution in [0.15, 0.2) is 30.3 Å². The number of hydrogen-bond acceptors (Lipinski definition) is 3. The van der Waals surface area contributed by atoms with Crippen molar-refractivity contribution in [2.45, 2.75) is 65.3 Å². The zero-order valence-electron chi connectivity index (χ0n) is 17.4.